The highest BCUT2D eigenvalue weighted by molar-refractivity contribution is 6.30. The van der Waals surface area contributed by atoms with E-state index >= 15 is 0 Å². The molecule has 0 unspecified atom stereocenters. The molecule has 1 N–H and O–H groups in total. The number of benzene rings is 2. The predicted molar refractivity (Wildman–Crippen MR) is 153 cm³/mol. The lowest BCUT2D eigenvalue weighted by Gasteiger charge is -2.32. The molecule has 0 spiro atoms. The van der Waals surface area contributed by atoms with Gasteiger partial charge in [-0.15, -0.1) is 0 Å². The normalized spacial score (nSPS) is 15.9. The minimum atomic E-state index is -0.435. The maximum atomic E-state index is 13.5. The van der Waals surface area contributed by atoms with Crippen LogP contribution in [0, 0.1) is 5.41 Å². The number of para-hydroxylation sites is 1. The van der Waals surface area contributed by atoms with Crippen LogP contribution in [0.25, 0.3) is 23.1 Å². The first kappa shape index (κ1) is 26.8. The number of ether oxygens (including phenoxy) is 1. The van der Waals surface area contributed by atoms with Crippen LogP contribution < -0.4 is 4.74 Å². The number of aromatic nitrogens is 1. The second kappa shape index (κ2) is 11.4. The smallest absolute Gasteiger partial charge is 0.189 e. The fourth-order valence-electron chi connectivity index (χ4n) is 4.89. The Bertz CT molecular complexity index is 1500. The number of fused-ring (bicyclic) bond motifs is 1. The summed E-state index contributed by atoms with van der Waals surface area (Å²) in [4.78, 5) is 31.4. The van der Waals surface area contributed by atoms with Gasteiger partial charge >= 0.3 is 0 Å². The van der Waals surface area contributed by atoms with Crippen LogP contribution in [-0.4, -0.2) is 28.8 Å². The first-order chi connectivity index (χ1) is 18.2. The molecule has 0 radical (unpaired) electrons. The highest BCUT2D eigenvalue weighted by Crippen LogP contribution is 2.40. The molecule has 0 amide bonds. The maximum Gasteiger partial charge on any atom is 0.189 e. The lowest BCUT2D eigenvalue weighted by Crippen LogP contribution is -2.19. The van der Waals surface area contributed by atoms with Crippen molar-refractivity contribution < 1.29 is 19.4 Å². The predicted octanol–water partition coefficient (Wildman–Crippen LogP) is 7.27. The highest BCUT2D eigenvalue weighted by Gasteiger charge is 2.27. The number of aromatic hydroxyl groups is 1. The number of phenolic OH excluding ortho intramolecular Hbond substituents is 1. The summed E-state index contributed by atoms with van der Waals surface area (Å²) in [5, 5.41) is 10.8. The molecule has 4 rings (SSSR count). The molecule has 0 saturated carbocycles. The van der Waals surface area contributed by atoms with E-state index in [0.29, 0.717) is 17.0 Å². The summed E-state index contributed by atoms with van der Waals surface area (Å²) in [5.41, 5.74) is 4.40. The second-order valence-corrected chi connectivity index (χ2v) is 10.2. The van der Waals surface area contributed by atoms with Crippen LogP contribution in [-0.2, 0) is 9.59 Å². The van der Waals surface area contributed by atoms with E-state index in [2.05, 4.69) is 25.8 Å². The van der Waals surface area contributed by atoms with Crippen molar-refractivity contribution in [1.82, 2.24) is 4.98 Å². The number of ketones is 2. The Kier molecular flexibility index (Phi) is 8.06. The second-order valence-electron chi connectivity index (χ2n) is 10.2. The number of methoxy groups -OCH3 is 1. The van der Waals surface area contributed by atoms with E-state index in [1.165, 1.54) is 30.9 Å². The minimum absolute atomic E-state index is 0.00879. The van der Waals surface area contributed by atoms with Gasteiger partial charge in [0.05, 0.1) is 23.9 Å². The van der Waals surface area contributed by atoms with Gasteiger partial charge in [0.2, 0.25) is 0 Å². The molecule has 2 aromatic carbocycles. The molecule has 194 valence electrons. The van der Waals surface area contributed by atoms with Crippen molar-refractivity contribution in [2.45, 2.75) is 40.0 Å². The molecule has 1 heterocycles. The van der Waals surface area contributed by atoms with Gasteiger partial charge in [-0.2, -0.15) is 0 Å². The van der Waals surface area contributed by atoms with Crippen LogP contribution in [0.2, 0.25) is 0 Å². The molecule has 0 saturated heterocycles. The van der Waals surface area contributed by atoms with Crippen LogP contribution >= 0.6 is 0 Å². The molecule has 0 aliphatic heterocycles. The molecule has 0 bridgehead atoms. The third kappa shape index (κ3) is 6.17. The maximum absolute atomic E-state index is 13.5. The van der Waals surface area contributed by atoms with E-state index < -0.39 is 5.78 Å². The molecule has 1 aromatic heterocycles. The number of carbonyl (C=O) groups excluding carboxylic acids is 2. The Morgan fingerprint density at radius 1 is 1.00 bits per heavy atom. The van der Waals surface area contributed by atoms with Crippen molar-refractivity contribution in [3.63, 3.8) is 0 Å². The third-order valence-corrected chi connectivity index (χ3v) is 7.02. The zero-order valence-corrected chi connectivity index (χ0v) is 22.3. The molecule has 0 atom stereocenters. The van der Waals surface area contributed by atoms with E-state index in [-0.39, 0.29) is 22.5 Å². The molecular formula is C33H33NO4. The van der Waals surface area contributed by atoms with Crippen LogP contribution in [0.4, 0.5) is 0 Å². The van der Waals surface area contributed by atoms with Crippen molar-refractivity contribution in [1.29, 1.82) is 0 Å². The van der Waals surface area contributed by atoms with Crippen LogP contribution in [0.1, 0.15) is 51.3 Å². The summed E-state index contributed by atoms with van der Waals surface area (Å²) in [6, 6.07) is 16.2. The number of hydrogen-bond donors (Lipinski definition) is 1. The first-order valence-electron chi connectivity index (χ1n) is 12.8. The molecule has 1 aliphatic rings. The van der Waals surface area contributed by atoms with Crippen LogP contribution in [0.15, 0.2) is 89.5 Å². The van der Waals surface area contributed by atoms with Gasteiger partial charge in [0.15, 0.2) is 23.1 Å². The molecule has 38 heavy (non-hydrogen) atoms. The molecule has 0 fully saturated rings. The Balaban J connectivity index is 1.70. The Morgan fingerprint density at radius 3 is 2.47 bits per heavy atom. The number of carbonyl (C=O) groups is 2. The Hall–Kier alpha value is -4.25. The van der Waals surface area contributed by atoms with Crippen molar-refractivity contribution in [2.24, 2.45) is 5.41 Å². The average Bonchev–Trinajstić information content (AvgIpc) is 2.90. The number of hydrogen-bond acceptors (Lipinski definition) is 5. The van der Waals surface area contributed by atoms with Crippen molar-refractivity contribution in [3.05, 3.63) is 101 Å². The fraction of sp³-hybridized carbons (Fsp3) is 0.242. The molecule has 5 nitrogen and oxygen atoms in total. The van der Waals surface area contributed by atoms with Crippen molar-refractivity contribution in [3.8, 4) is 11.5 Å². The van der Waals surface area contributed by atoms with Crippen molar-refractivity contribution in [2.75, 3.05) is 7.11 Å². The van der Waals surface area contributed by atoms with Gasteiger partial charge in [0.25, 0.3) is 0 Å². The number of rotatable bonds is 8. The fourth-order valence-corrected chi connectivity index (χ4v) is 4.89. The monoisotopic (exact) mass is 507 g/mol. The molecular weight excluding hydrogens is 474 g/mol. The lowest BCUT2D eigenvalue weighted by molar-refractivity contribution is -0.116. The topological polar surface area (TPSA) is 76.5 Å². The summed E-state index contributed by atoms with van der Waals surface area (Å²) >= 11 is 0. The zero-order valence-electron chi connectivity index (χ0n) is 22.3. The zero-order chi connectivity index (χ0) is 27.3. The summed E-state index contributed by atoms with van der Waals surface area (Å²) in [5.74, 6) is -0.502. The van der Waals surface area contributed by atoms with Gasteiger partial charge < -0.3 is 9.84 Å². The number of pyridine rings is 1. The first-order valence-corrected chi connectivity index (χ1v) is 12.8. The van der Waals surface area contributed by atoms with E-state index in [9.17, 15) is 14.7 Å². The van der Waals surface area contributed by atoms with Gasteiger partial charge in [0.1, 0.15) is 0 Å². The lowest BCUT2D eigenvalue weighted by atomic mass is 9.72. The van der Waals surface area contributed by atoms with Gasteiger partial charge in [-0.05, 0) is 85.2 Å². The third-order valence-electron chi connectivity index (χ3n) is 7.02. The number of nitrogens with zero attached hydrogens (tertiary/aromatic N) is 1. The highest BCUT2D eigenvalue weighted by atomic mass is 16.5. The van der Waals surface area contributed by atoms with E-state index in [0.717, 1.165) is 35.7 Å². The molecule has 3 aromatic rings. The summed E-state index contributed by atoms with van der Waals surface area (Å²) in [7, 11) is 1.46. The number of phenols is 1. The summed E-state index contributed by atoms with van der Waals surface area (Å²) < 4.78 is 5.15. The Labute approximate surface area is 223 Å². The van der Waals surface area contributed by atoms with Crippen molar-refractivity contribution >= 4 is 34.6 Å². The summed E-state index contributed by atoms with van der Waals surface area (Å²) in [6.45, 7) is 6.49. The number of allylic oxidation sites excluding steroid dienone is 6. The molecule has 5 heteroatoms. The molecule has 1 aliphatic carbocycles. The van der Waals surface area contributed by atoms with Crippen LogP contribution in [0.3, 0.4) is 0 Å². The van der Waals surface area contributed by atoms with Crippen LogP contribution in [0.5, 0.6) is 11.5 Å². The van der Waals surface area contributed by atoms with Gasteiger partial charge in [-0.25, -0.2) is 4.98 Å². The largest absolute Gasteiger partial charge is 0.504 e. The van der Waals surface area contributed by atoms with E-state index in [1.54, 1.807) is 30.4 Å². The average molecular weight is 508 g/mol. The van der Waals surface area contributed by atoms with Gasteiger partial charge in [-0.3, -0.25) is 9.59 Å². The van der Waals surface area contributed by atoms with E-state index in [4.69, 9.17) is 4.74 Å². The summed E-state index contributed by atoms with van der Waals surface area (Å²) in [6.07, 6.45) is 11.1. The minimum Gasteiger partial charge on any atom is -0.504 e. The Morgan fingerprint density at radius 2 is 1.74 bits per heavy atom. The quantitative estimate of drug-likeness (QED) is 0.197. The van der Waals surface area contributed by atoms with Gasteiger partial charge in [0, 0.05) is 5.39 Å². The van der Waals surface area contributed by atoms with E-state index in [1.807, 2.05) is 36.4 Å². The SMILES string of the molecule is COc1cc(/C=C/C(=O)/C(=C/c2ccc3ccccc3n2)C(=O)/C=C/C2=C(C)CCCC2(C)C)ccc1O. The standard InChI is InChI=1S/C33H33NO4/c1-22-8-7-19-33(2,3)27(22)15-18-30(36)26(21-25-14-13-24-9-5-6-10-28(24)34-25)29(35)16-11-23-12-17-31(37)32(20-23)38-4/h5-6,9-18,20-21,37H,7-8,19H2,1-4H3/b16-11+,18-15+,26-21-. The van der Waals surface area contributed by atoms with Gasteiger partial charge in [-0.1, -0.05) is 61.9 Å².